The Morgan fingerprint density at radius 3 is 1.96 bits per heavy atom. The van der Waals surface area contributed by atoms with Crippen molar-refractivity contribution in [3.63, 3.8) is 0 Å². The number of aromatic nitrogens is 5. The van der Waals surface area contributed by atoms with Crippen LogP contribution in [-0.4, -0.2) is 41.9 Å². The second-order valence-corrected chi connectivity index (χ2v) is 15.3. The fourth-order valence-corrected chi connectivity index (χ4v) is 9.33. The number of carboxylic acid groups (broad SMARTS) is 1. The van der Waals surface area contributed by atoms with Crippen LogP contribution in [0.1, 0.15) is 66.9 Å². The minimum Gasteiger partial charge on any atom is -0.481 e. The van der Waals surface area contributed by atoms with E-state index in [0.717, 1.165) is 67.2 Å². The Morgan fingerprint density at radius 1 is 0.768 bits per heavy atom. The largest absolute Gasteiger partial charge is 0.481 e. The van der Waals surface area contributed by atoms with Gasteiger partial charge in [-0.1, -0.05) is 91.0 Å². The minimum atomic E-state index is -1.12. The van der Waals surface area contributed by atoms with Gasteiger partial charge in [0, 0.05) is 12.0 Å². The molecule has 4 aromatic heterocycles. The standard InChI is InChI=1S/C45H38F2N6O3/c46-32-24-33-39(52-53(43(33)48-25-32)45(29-10-4-1-5-11-29,30-12-6-2-7-13-30)31-14-8-3-9-15-31)42-50-40(35-23-22-34(56-35)26-16-17-26)37(47)41(51-42)49-38-28-20-18-27(19-21-28)36(38)44(54)55/h1-15,22-28,36,38H,16-21H2,(H,54,55)(H,49,50,51). The lowest BCUT2D eigenvalue weighted by Crippen LogP contribution is -2.51. The Hall–Kier alpha value is -6.23. The van der Waals surface area contributed by atoms with Gasteiger partial charge in [-0.15, -0.1) is 0 Å². The number of pyridine rings is 1. The molecule has 0 spiro atoms. The maximum atomic E-state index is 16.9. The predicted octanol–water partition coefficient (Wildman–Crippen LogP) is 9.45. The molecule has 4 fully saturated rings. The van der Waals surface area contributed by atoms with Gasteiger partial charge in [0.05, 0.1) is 17.5 Å². The summed E-state index contributed by atoms with van der Waals surface area (Å²) in [5, 5.41) is 19.2. The van der Waals surface area contributed by atoms with Crippen LogP contribution in [0.3, 0.4) is 0 Å². The second-order valence-electron chi connectivity index (χ2n) is 15.3. The quantitative estimate of drug-likeness (QED) is 0.133. The molecule has 11 heteroatoms. The number of carboxylic acids is 1. The molecular formula is C45H38F2N6O3. The van der Waals surface area contributed by atoms with Gasteiger partial charge in [0.1, 0.15) is 28.5 Å². The number of nitrogens with zero attached hydrogens (tertiary/aromatic N) is 5. The van der Waals surface area contributed by atoms with Gasteiger partial charge in [0.25, 0.3) is 0 Å². The average Bonchev–Trinajstić information content (AvgIpc) is 3.85. The van der Waals surface area contributed by atoms with Crippen molar-refractivity contribution >= 4 is 22.8 Å². The molecule has 0 radical (unpaired) electrons. The minimum absolute atomic E-state index is 0.0132. The zero-order chi connectivity index (χ0) is 38.0. The molecule has 7 aromatic rings. The summed E-state index contributed by atoms with van der Waals surface area (Å²) in [5.41, 5.74) is 1.94. The van der Waals surface area contributed by atoms with Crippen molar-refractivity contribution in [3.8, 4) is 23.0 Å². The van der Waals surface area contributed by atoms with Gasteiger partial charge in [-0.3, -0.25) is 4.79 Å². The number of hydrogen-bond acceptors (Lipinski definition) is 7. The molecule has 9 nitrogen and oxygen atoms in total. The summed E-state index contributed by atoms with van der Waals surface area (Å²) < 4.78 is 40.4. The Balaban J connectivity index is 1.23. The first kappa shape index (κ1) is 34.3. The molecule has 280 valence electrons. The fourth-order valence-electron chi connectivity index (χ4n) is 9.33. The first-order valence-corrected chi connectivity index (χ1v) is 19.3. The van der Waals surface area contributed by atoms with Crippen LogP contribution < -0.4 is 5.32 Å². The van der Waals surface area contributed by atoms with E-state index in [9.17, 15) is 9.90 Å². The van der Waals surface area contributed by atoms with Gasteiger partial charge in [-0.05, 0) is 85.3 Å². The molecule has 2 N–H and O–H groups in total. The van der Waals surface area contributed by atoms with Gasteiger partial charge in [-0.2, -0.15) is 5.10 Å². The number of anilines is 1. The smallest absolute Gasteiger partial charge is 0.308 e. The third kappa shape index (κ3) is 5.59. The highest BCUT2D eigenvalue weighted by Crippen LogP contribution is 2.48. The number of rotatable bonds is 10. The van der Waals surface area contributed by atoms with Crippen molar-refractivity contribution in [2.24, 2.45) is 17.8 Å². The maximum absolute atomic E-state index is 16.9. The topological polar surface area (TPSA) is 119 Å². The van der Waals surface area contributed by atoms with Crippen LogP contribution >= 0.6 is 0 Å². The number of hydrogen-bond donors (Lipinski definition) is 2. The van der Waals surface area contributed by atoms with Crippen molar-refractivity contribution in [2.45, 2.75) is 56.0 Å². The number of benzene rings is 3. The summed E-state index contributed by atoms with van der Waals surface area (Å²) in [4.78, 5) is 26.9. The highest BCUT2D eigenvalue weighted by atomic mass is 19.1. The first-order chi connectivity index (χ1) is 27.4. The molecule has 0 aliphatic heterocycles. The average molecular weight is 749 g/mol. The lowest BCUT2D eigenvalue weighted by molar-refractivity contribution is -0.148. The van der Waals surface area contributed by atoms with Crippen molar-refractivity contribution < 1.29 is 23.1 Å². The van der Waals surface area contributed by atoms with Crippen LogP contribution in [0.25, 0.3) is 34.0 Å². The third-order valence-electron chi connectivity index (χ3n) is 12.1. The summed E-state index contributed by atoms with van der Waals surface area (Å²) in [6.07, 6.45) is 6.49. The fraction of sp³-hybridized carbons (Fsp3) is 0.267. The van der Waals surface area contributed by atoms with Crippen LogP contribution in [0.5, 0.6) is 0 Å². The summed E-state index contributed by atoms with van der Waals surface area (Å²) >= 11 is 0. The maximum Gasteiger partial charge on any atom is 0.308 e. The van der Waals surface area contributed by atoms with Gasteiger partial charge in [0.2, 0.25) is 0 Å². The van der Waals surface area contributed by atoms with E-state index >= 15 is 8.78 Å². The van der Waals surface area contributed by atoms with E-state index < -0.39 is 35.1 Å². The molecule has 4 aliphatic rings. The van der Waals surface area contributed by atoms with Crippen LogP contribution in [0.15, 0.2) is 120 Å². The molecule has 4 heterocycles. The normalized spacial score (nSPS) is 20.7. The van der Waals surface area contributed by atoms with Crippen molar-refractivity contribution in [2.75, 3.05) is 5.32 Å². The van der Waals surface area contributed by atoms with Crippen LogP contribution in [0.4, 0.5) is 14.6 Å². The Morgan fingerprint density at radius 2 is 1.38 bits per heavy atom. The van der Waals surface area contributed by atoms with E-state index in [1.54, 1.807) is 10.7 Å². The lowest BCUT2D eigenvalue weighted by Gasteiger charge is -2.47. The molecule has 2 atom stereocenters. The van der Waals surface area contributed by atoms with E-state index in [0.29, 0.717) is 11.0 Å². The number of carbonyl (C=O) groups is 1. The third-order valence-corrected chi connectivity index (χ3v) is 12.1. The Labute approximate surface area is 321 Å². The summed E-state index contributed by atoms with van der Waals surface area (Å²) in [5.74, 6) is -1.81. The van der Waals surface area contributed by atoms with Gasteiger partial charge in [-0.25, -0.2) is 28.4 Å². The number of furan rings is 1. The number of fused-ring (bicyclic) bond motifs is 4. The molecule has 0 amide bonds. The van der Waals surface area contributed by atoms with Crippen LogP contribution in [0, 0.1) is 29.4 Å². The Kier molecular flexibility index (Phi) is 8.27. The molecular weight excluding hydrogens is 711 g/mol. The van der Waals surface area contributed by atoms with Gasteiger partial charge >= 0.3 is 5.97 Å². The highest BCUT2D eigenvalue weighted by Gasteiger charge is 2.48. The summed E-state index contributed by atoms with van der Waals surface area (Å²) in [6, 6.07) is 34.1. The molecule has 4 aliphatic carbocycles. The Bertz CT molecular complexity index is 2470. The molecule has 0 saturated heterocycles. The molecule has 2 bridgehead atoms. The van der Waals surface area contributed by atoms with E-state index in [2.05, 4.69) is 10.3 Å². The molecule has 2 unspecified atom stereocenters. The SMILES string of the molecule is O=C(O)C1C2CCC(CC2)C1Nc1nc(-c2nn(C(c3ccccc3)(c3ccccc3)c3ccccc3)c3ncc(F)cc23)nc(-c2ccc(C3CC3)o2)c1F. The number of nitrogens with one attached hydrogen (secondary N) is 1. The predicted molar refractivity (Wildman–Crippen MR) is 207 cm³/mol. The van der Waals surface area contributed by atoms with Gasteiger partial charge < -0.3 is 14.8 Å². The van der Waals surface area contributed by atoms with E-state index in [1.807, 2.05) is 97.1 Å². The monoisotopic (exact) mass is 748 g/mol. The zero-order valence-electron chi connectivity index (χ0n) is 30.4. The molecule has 11 rings (SSSR count). The zero-order valence-corrected chi connectivity index (χ0v) is 30.4. The molecule has 3 aromatic carbocycles. The number of halogens is 2. The first-order valence-electron chi connectivity index (χ1n) is 19.3. The van der Waals surface area contributed by atoms with E-state index in [4.69, 9.17) is 19.5 Å². The van der Waals surface area contributed by atoms with E-state index in [-0.39, 0.29) is 46.5 Å². The van der Waals surface area contributed by atoms with Crippen molar-refractivity contribution in [1.82, 2.24) is 24.7 Å². The van der Waals surface area contributed by atoms with Crippen LogP contribution in [0.2, 0.25) is 0 Å². The number of aliphatic carboxylic acids is 1. The van der Waals surface area contributed by atoms with Crippen molar-refractivity contribution in [3.05, 3.63) is 149 Å². The van der Waals surface area contributed by atoms with Crippen LogP contribution in [-0.2, 0) is 10.3 Å². The highest BCUT2D eigenvalue weighted by molar-refractivity contribution is 5.90. The molecule has 4 saturated carbocycles. The second kappa shape index (κ2) is 13.5. The van der Waals surface area contributed by atoms with Gasteiger partial charge in [0.15, 0.2) is 28.9 Å². The summed E-state index contributed by atoms with van der Waals surface area (Å²) in [6.45, 7) is 0. The van der Waals surface area contributed by atoms with Crippen molar-refractivity contribution in [1.29, 1.82) is 0 Å². The van der Waals surface area contributed by atoms with E-state index in [1.165, 1.54) is 6.07 Å². The lowest BCUT2D eigenvalue weighted by atomic mass is 9.61. The summed E-state index contributed by atoms with van der Waals surface area (Å²) in [7, 11) is 0. The molecule has 56 heavy (non-hydrogen) atoms.